The number of H-pyrrole nitrogens is 2. The van der Waals surface area contributed by atoms with Crippen LogP contribution in [0, 0.1) is 0 Å². The lowest BCUT2D eigenvalue weighted by Gasteiger charge is -1.93. The number of aromatic nitrogens is 2. The summed E-state index contributed by atoms with van der Waals surface area (Å²) in [5.74, 6) is 0. The summed E-state index contributed by atoms with van der Waals surface area (Å²) < 4.78 is 0. The molecule has 0 amide bonds. The van der Waals surface area contributed by atoms with Gasteiger partial charge in [0, 0.05) is 2.85 Å². The fraction of sp³-hybridized carbons (Fsp3) is 0.273. The average Bonchev–Trinajstić information content (AvgIpc) is 2.21. The number of hydrogen-bond acceptors (Lipinski definition) is 2. The van der Waals surface area contributed by atoms with Crippen LogP contribution < -0.4 is 11.1 Å². The minimum atomic E-state index is -0.617. The monoisotopic (exact) mass is 210 g/mol. The Morgan fingerprint density at radius 2 is 1.33 bits per heavy atom. The SMILES string of the molecule is CCC.O=c1[nH]c2ccccc2[nH]c1=O.[HH].[HH]. The van der Waals surface area contributed by atoms with E-state index in [1.54, 1.807) is 24.3 Å². The van der Waals surface area contributed by atoms with Gasteiger partial charge in [0.15, 0.2) is 0 Å². The smallest absolute Gasteiger partial charge is 0.314 e. The van der Waals surface area contributed by atoms with Crippen molar-refractivity contribution in [2.75, 3.05) is 0 Å². The predicted octanol–water partition coefficient (Wildman–Crippen LogP) is 2.12. The molecule has 0 aliphatic rings. The van der Waals surface area contributed by atoms with Crippen LogP contribution in [0.1, 0.15) is 23.1 Å². The Morgan fingerprint density at radius 1 is 1.00 bits per heavy atom. The van der Waals surface area contributed by atoms with Crippen LogP contribution in [0.2, 0.25) is 0 Å². The molecule has 0 bridgehead atoms. The molecule has 0 radical (unpaired) electrons. The largest absolute Gasteiger partial charge is 0.316 e. The Bertz CT molecular complexity index is 500. The van der Waals surface area contributed by atoms with Crippen LogP contribution in [-0.2, 0) is 0 Å². The van der Waals surface area contributed by atoms with Gasteiger partial charge in [0.2, 0.25) is 0 Å². The molecule has 2 aromatic rings. The van der Waals surface area contributed by atoms with E-state index in [1.165, 1.54) is 6.42 Å². The highest BCUT2D eigenvalue weighted by Gasteiger charge is 1.95. The molecule has 0 saturated carbocycles. The van der Waals surface area contributed by atoms with Gasteiger partial charge in [-0.3, -0.25) is 9.59 Å². The minimum Gasteiger partial charge on any atom is -0.316 e. The first-order chi connectivity index (χ1) is 7.19. The van der Waals surface area contributed by atoms with E-state index >= 15 is 0 Å². The summed E-state index contributed by atoms with van der Waals surface area (Å²) in [6, 6.07) is 7.03. The quantitative estimate of drug-likeness (QED) is 0.654. The van der Waals surface area contributed by atoms with Gasteiger partial charge in [0.1, 0.15) is 0 Å². The number of aromatic amines is 2. The molecule has 4 heteroatoms. The number of hydrogen-bond donors (Lipinski definition) is 2. The van der Waals surface area contributed by atoms with E-state index in [-0.39, 0.29) is 2.85 Å². The molecule has 15 heavy (non-hydrogen) atoms. The van der Waals surface area contributed by atoms with Crippen molar-refractivity contribution in [2.24, 2.45) is 0 Å². The van der Waals surface area contributed by atoms with Crippen molar-refractivity contribution in [3.63, 3.8) is 0 Å². The van der Waals surface area contributed by atoms with E-state index < -0.39 is 11.1 Å². The van der Waals surface area contributed by atoms with Gasteiger partial charge in [-0.25, -0.2) is 0 Å². The van der Waals surface area contributed by atoms with Crippen molar-refractivity contribution in [2.45, 2.75) is 20.3 Å². The third kappa shape index (κ3) is 2.80. The normalized spacial score (nSPS) is 9.47. The molecule has 0 aliphatic heterocycles. The summed E-state index contributed by atoms with van der Waals surface area (Å²) in [6.07, 6.45) is 1.25. The molecule has 1 aromatic heterocycles. The number of nitrogens with one attached hydrogen (secondary N) is 2. The van der Waals surface area contributed by atoms with Crippen LogP contribution in [0.5, 0.6) is 0 Å². The van der Waals surface area contributed by atoms with Crippen molar-refractivity contribution >= 4 is 11.0 Å². The van der Waals surface area contributed by atoms with Gasteiger partial charge in [-0.1, -0.05) is 32.4 Å². The summed E-state index contributed by atoms with van der Waals surface area (Å²) >= 11 is 0. The van der Waals surface area contributed by atoms with Gasteiger partial charge >= 0.3 is 11.1 Å². The second-order valence-electron chi connectivity index (χ2n) is 3.16. The molecule has 0 aliphatic carbocycles. The first kappa shape index (κ1) is 11.2. The van der Waals surface area contributed by atoms with E-state index in [1.807, 2.05) is 0 Å². The van der Waals surface area contributed by atoms with Gasteiger partial charge < -0.3 is 9.97 Å². The Kier molecular flexibility index (Phi) is 3.85. The van der Waals surface area contributed by atoms with Gasteiger partial charge in [-0.05, 0) is 12.1 Å². The van der Waals surface area contributed by atoms with Crippen LogP contribution in [0.15, 0.2) is 33.9 Å². The molecule has 2 rings (SSSR count). The van der Waals surface area contributed by atoms with Crippen molar-refractivity contribution in [3.05, 3.63) is 45.0 Å². The average molecular weight is 210 g/mol. The zero-order chi connectivity index (χ0) is 11.3. The predicted molar refractivity (Wildman–Crippen MR) is 65.4 cm³/mol. The Hall–Kier alpha value is -1.84. The molecular weight excluding hydrogens is 192 g/mol. The van der Waals surface area contributed by atoms with E-state index in [9.17, 15) is 9.59 Å². The maximum atomic E-state index is 10.8. The summed E-state index contributed by atoms with van der Waals surface area (Å²) in [6.45, 7) is 4.25. The van der Waals surface area contributed by atoms with Crippen molar-refractivity contribution < 1.29 is 2.85 Å². The van der Waals surface area contributed by atoms with E-state index in [0.717, 1.165) is 0 Å². The lowest BCUT2D eigenvalue weighted by Crippen LogP contribution is -2.28. The number of rotatable bonds is 0. The molecule has 1 heterocycles. The Labute approximate surface area is 89.9 Å². The highest BCUT2D eigenvalue weighted by atomic mass is 16.2. The van der Waals surface area contributed by atoms with Gasteiger partial charge in [-0.15, -0.1) is 0 Å². The molecule has 84 valence electrons. The summed E-state index contributed by atoms with van der Waals surface area (Å²) in [4.78, 5) is 26.6. The third-order valence-electron chi connectivity index (χ3n) is 1.63. The number of fused-ring (bicyclic) bond motifs is 1. The van der Waals surface area contributed by atoms with Gasteiger partial charge in [0.25, 0.3) is 0 Å². The topological polar surface area (TPSA) is 65.7 Å². The molecule has 0 unspecified atom stereocenters. The van der Waals surface area contributed by atoms with Gasteiger partial charge in [0.05, 0.1) is 11.0 Å². The molecule has 4 nitrogen and oxygen atoms in total. The second kappa shape index (κ2) is 5.14. The Balaban J connectivity index is 0. The number of benzene rings is 1. The van der Waals surface area contributed by atoms with Crippen molar-refractivity contribution in [1.29, 1.82) is 0 Å². The van der Waals surface area contributed by atoms with E-state index in [4.69, 9.17) is 0 Å². The maximum absolute atomic E-state index is 10.8. The highest BCUT2D eigenvalue weighted by molar-refractivity contribution is 5.72. The van der Waals surface area contributed by atoms with Gasteiger partial charge in [-0.2, -0.15) is 0 Å². The fourth-order valence-corrected chi connectivity index (χ4v) is 1.06. The Morgan fingerprint density at radius 3 is 1.67 bits per heavy atom. The standard InChI is InChI=1S/C8H6N2O2.C3H8.2H2/c11-7-8(12)10-6-4-2-1-3-5(6)9-7;1-3-2;;/h1-4H,(H,9,11)(H,10,12);3H2,1-2H3;2*1H. The summed E-state index contributed by atoms with van der Waals surface area (Å²) in [5.41, 5.74) is 0.0478. The van der Waals surface area contributed by atoms with E-state index in [0.29, 0.717) is 11.0 Å². The second-order valence-corrected chi connectivity index (χ2v) is 3.16. The molecule has 0 atom stereocenters. The molecule has 0 saturated heterocycles. The summed E-state index contributed by atoms with van der Waals surface area (Å²) in [5, 5.41) is 0. The van der Waals surface area contributed by atoms with Crippen LogP contribution in [-0.4, -0.2) is 9.97 Å². The van der Waals surface area contributed by atoms with Crippen LogP contribution in [0.4, 0.5) is 0 Å². The van der Waals surface area contributed by atoms with Crippen LogP contribution in [0.25, 0.3) is 11.0 Å². The first-order valence-electron chi connectivity index (χ1n) is 4.90. The summed E-state index contributed by atoms with van der Waals surface area (Å²) in [7, 11) is 0. The maximum Gasteiger partial charge on any atom is 0.314 e. The number of para-hydroxylation sites is 2. The minimum absolute atomic E-state index is 0. The lowest BCUT2D eigenvalue weighted by molar-refractivity contribution is 1.09. The third-order valence-corrected chi connectivity index (χ3v) is 1.63. The first-order valence-corrected chi connectivity index (χ1v) is 4.90. The van der Waals surface area contributed by atoms with E-state index in [2.05, 4.69) is 23.8 Å². The molecule has 0 spiro atoms. The molecule has 2 N–H and O–H groups in total. The zero-order valence-electron chi connectivity index (χ0n) is 8.83. The fourth-order valence-electron chi connectivity index (χ4n) is 1.06. The van der Waals surface area contributed by atoms with Crippen LogP contribution in [0.3, 0.4) is 0 Å². The molecule has 0 fully saturated rings. The zero-order valence-corrected chi connectivity index (χ0v) is 8.83. The van der Waals surface area contributed by atoms with Crippen LogP contribution >= 0.6 is 0 Å². The highest BCUT2D eigenvalue weighted by Crippen LogP contribution is 2.01. The van der Waals surface area contributed by atoms with Crippen molar-refractivity contribution in [1.82, 2.24) is 9.97 Å². The molecule has 1 aromatic carbocycles. The van der Waals surface area contributed by atoms with Crippen molar-refractivity contribution in [3.8, 4) is 0 Å². The lowest BCUT2D eigenvalue weighted by atomic mass is 10.3. The molecular formula is C11H18N2O2.